The van der Waals surface area contributed by atoms with Crippen LogP contribution >= 0.6 is 11.6 Å². The lowest BCUT2D eigenvalue weighted by molar-refractivity contribution is -0.175. The number of carbonyl (C=O) groups excluding carboxylic acids is 5. The zero-order valence-corrected chi connectivity index (χ0v) is 22.8. The molecule has 0 saturated carbocycles. The van der Waals surface area contributed by atoms with Crippen molar-refractivity contribution in [3.05, 3.63) is 35.9 Å². The van der Waals surface area contributed by atoms with Crippen LogP contribution in [-0.4, -0.2) is 71.5 Å². The molecular weight excluding hydrogens is 562 g/mol. The highest BCUT2D eigenvalue weighted by molar-refractivity contribution is 6.29. The molecule has 1 aromatic rings. The van der Waals surface area contributed by atoms with E-state index in [0.29, 0.717) is 23.5 Å². The van der Waals surface area contributed by atoms with Crippen LogP contribution in [0.2, 0.25) is 0 Å². The molecule has 1 aromatic carbocycles. The number of alkyl halides is 5. The molecule has 222 valence electrons. The standard InChI is InChI=1S/C25H32ClF4N5O5/c1-13(2)11-17(21(37)34-35(23(39)19(26)27)12-16-9-10-31-20(16)36)32-22(38)18(33-24(40)25(28,29)30)14(3)15-7-5-4-6-8-15/h4-8,13-14,16-19H,9-12H2,1-3H3,(H,31,36)(H,32,38)(H,33,40)(H,34,37)/t14?,16-,17-,18-,19-/m0/s1. The average molecular weight is 594 g/mol. The normalized spacial score (nSPS) is 18.2. The molecule has 1 aliphatic rings. The molecule has 0 radical (unpaired) electrons. The van der Waals surface area contributed by atoms with E-state index in [0.717, 1.165) is 0 Å². The van der Waals surface area contributed by atoms with Gasteiger partial charge in [0.2, 0.25) is 11.8 Å². The van der Waals surface area contributed by atoms with Crippen molar-refractivity contribution >= 4 is 41.1 Å². The lowest BCUT2D eigenvalue weighted by Gasteiger charge is -2.30. The number of hydrogen-bond donors (Lipinski definition) is 4. The molecule has 1 heterocycles. The number of carbonyl (C=O) groups is 5. The first-order valence-electron chi connectivity index (χ1n) is 12.5. The van der Waals surface area contributed by atoms with Gasteiger partial charge in [0.1, 0.15) is 12.1 Å². The van der Waals surface area contributed by atoms with E-state index in [2.05, 4.69) is 16.1 Å². The second-order valence-corrected chi connectivity index (χ2v) is 10.2. The van der Waals surface area contributed by atoms with Crippen LogP contribution < -0.4 is 21.4 Å². The Bertz CT molecular complexity index is 1070. The summed E-state index contributed by atoms with van der Waals surface area (Å²) in [5, 5.41) is 7.14. The van der Waals surface area contributed by atoms with E-state index < -0.39 is 71.8 Å². The second kappa shape index (κ2) is 14.3. The third-order valence-electron chi connectivity index (χ3n) is 6.26. The van der Waals surface area contributed by atoms with Gasteiger partial charge in [-0.15, -0.1) is 0 Å². The Morgan fingerprint density at radius 1 is 1.07 bits per heavy atom. The molecule has 1 saturated heterocycles. The first-order valence-corrected chi connectivity index (χ1v) is 13.0. The van der Waals surface area contributed by atoms with Gasteiger partial charge < -0.3 is 16.0 Å². The summed E-state index contributed by atoms with van der Waals surface area (Å²) in [6.07, 6.45) is -5.01. The van der Waals surface area contributed by atoms with E-state index >= 15 is 0 Å². The number of hydrazine groups is 1. The van der Waals surface area contributed by atoms with Gasteiger partial charge in [-0.2, -0.15) is 13.2 Å². The van der Waals surface area contributed by atoms with Crippen LogP contribution in [0.1, 0.15) is 45.1 Å². The van der Waals surface area contributed by atoms with Crippen molar-refractivity contribution < 1.29 is 41.5 Å². The fraction of sp³-hybridized carbons (Fsp3) is 0.560. The average Bonchev–Trinajstić information content (AvgIpc) is 3.28. The van der Waals surface area contributed by atoms with Crippen LogP contribution in [0.15, 0.2) is 30.3 Å². The molecular formula is C25H32ClF4N5O5. The maximum Gasteiger partial charge on any atom is 0.471 e. The Balaban J connectivity index is 2.30. The third kappa shape index (κ3) is 9.35. The van der Waals surface area contributed by atoms with Crippen molar-refractivity contribution in [1.82, 2.24) is 26.4 Å². The number of nitrogens with zero attached hydrogens (tertiary/aromatic N) is 1. The van der Waals surface area contributed by atoms with E-state index in [1.165, 1.54) is 6.92 Å². The minimum atomic E-state index is -5.28. The highest BCUT2D eigenvalue weighted by Crippen LogP contribution is 2.22. The number of hydrogen-bond acceptors (Lipinski definition) is 5. The molecule has 0 aromatic heterocycles. The quantitative estimate of drug-likeness (QED) is 0.176. The van der Waals surface area contributed by atoms with Gasteiger partial charge in [-0.1, -0.05) is 62.7 Å². The van der Waals surface area contributed by atoms with Crippen molar-refractivity contribution in [3.8, 4) is 0 Å². The molecule has 0 bridgehead atoms. The van der Waals surface area contributed by atoms with E-state index in [-0.39, 0.29) is 12.3 Å². The second-order valence-electron chi connectivity index (χ2n) is 9.84. The molecule has 40 heavy (non-hydrogen) atoms. The first kappa shape index (κ1) is 32.8. The maximum absolute atomic E-state index is 13.7. The summed E-state index contributed by atoms with van der Waals surface area (Å²) in [6, 6.07) is 4.84. The summed E-state index contributed by atoms with van der Waals surface area (Å²) < 4.78 is 52.9. The number of rotatable bonds is 11. The smallest absolute Gasteiger partial charge is 0.356 e. The molecule has 0 spiro atoms. The number of benzene rings is 1. The van der Waals surface area contributed by atoms with Gasteiger partial charge in [0.25, 0.3) is 17.4 Å². The van der Waals surface area contributed by atoms with Crippen molar-refractivity contribution in [2.24, 2.45) is 11.8 Å². The van der Waals surface area contributed by atoms with Crippen LogP contribution in [0, 0.1) is 11.8 Å². The molecule has 10 nitrogen and oxygen atoms in total. The fourth-order valence-corrected chi connectivity index (χ4v) is 4.23. The monoisotopic (exact) mass is 593 g/mol. The van der Waals surface area contributed by atoms with Gasteiger partial charge in [-0.25, -0.2) is 9.40 Å². The van der Waals surface area contributed by atoms with Crippen LogP contribution in [0.3, 0.4) is 0 Å². The Morgan fingerprint density at radius 2 is 1.70 bits per heavy atom. The zero-order valence-electron chi connectivity index (χ0n) is 22.1. The predicted molar refractivity (Wildman–Crippen MR) is 136 cm³/mol. The fourth-order valence-electron chi connectivity index (χ4n) is 4.11. The van der Waals surface area contributed by atoms with Crippen molar-refractivity contribution in [3.63, 3.8) is 0 Å². The lowest BCUT2D eigenvalue weighted by atomic mass is 9.92. The van der Waals surface area contributed by atoms with E-state index in [1.54, 1.807) is 49.5 Å². The minimum Gasteiger partial charge on any atom is -0.356 e. The van der Waals surface area contributed by atoms with Crippen LogP contribution in [0.25, 0.3) is 0 Å². The Kier molecular flexibility index (Phi) is 11.7. The lowest BCUT2D eigenvalue weighted by Crippen LogP contribution is -2.60. The third-order valence-corrected chi connectivity index (χ3v) is 6.44. The largest absolute Gasteiger partial charge is 0.471 e. The van der Waals surface area contributed by atoms with Crippen LogP contribution in [-0.2, 0) is 24.0 Å². The van der Waals surface area contributed by atoms with E-state index in [4.69, 9.17) is 11.6 Å². The van der Waals surface area contributed by atoms with Gasteiger partial charge >= 0.3 is 12.1 Å². The Labute approximate surface area is 233 Å². The van der Waals surface area contributed by atoms with E-state index in [9.17, 15) is 41.5 Å². The Hall–Kier alpha value is -3.42. The van der Waals surface area contributed by atoms with Crippen molar-refractivity contribution in [2.75, 3.05) is 13.1 Å². The minimum absolute atomic E-state index is 0.0386. The molecule has 4 N–H and O–H groups in total. The molecule has 1 aliphatic heterocycles. The Morgan fingerprint density at radius 3 is 2.20 bits per heavy atom. The van der Waals surface area contributed by atoms with Crippen LogP contribution in [0.4, 0.5) is 17.6 Å². The molecule has 1 unspecified atom stereocenters. The summed E-state index contributed by atoms with van der Waals surface area (Å²) in [4.78, 5) is 62.6. The summed E-state index contributed by atoms with van der Waals surface area (Å²) in [5.41, 5.74) is 0.0771. The highest BCUT2D eigenvalue weighted by Gasteiger charge is 2.43. The zero-order chi connectivity index (χ0) is 30.2. The number of amides is 5. The summed E-state index contributed by atoms with van der Waals surface area (Å²) >= 11 is 5.28. The summed E-state index contributed by atoms with van der Waals surface area (Å²) in [6.45, 7) is 4.74. The first-order chi connectivity index (χ1) is 18.6. The summed E-state index contributed by atoms with van der Waals surface area (Å²) in [7, 11) is 0. The van der Waals surface area contributed by atoms with Gasteiger partial charge in [0.05, 0.1) is 12.5 Å². The SMILES string of the molecule is CC(C)C[C@H](NC(=O)[C@@H](NC(=O)C(F)(F)F)C(C)c1ccccc1)C(=O)NN(C[C@@H]1CCNC1=O)C(=O)[C@H](F)Cl. The van der Waals surface area contributed by atoms with Crippen molar-refractivity contribution in [1.29, 1.82) is 0 Å². The molecule has 2 rings (SSSR count). The molecule has 15 heteroatoms. The van der Waals surface area contributed by atoms with Crippen molar-refractivity contribution in [2.45, 2.75) is 63.4 Å². The number of nitrogens with one attached hydrogen (secondary N) is 4. The van der Waals surface area contributed by atoms with E-state index in [1.807, 2.05) is 0 Å². The summed E-state index contributed by atoms with van der Waals surface area (Å²) in [5.74, 6) is -8.15. The van der Waals surface area contributed by atoms with Gasteiger partial charge in [0, 0.05) is 12.5 Å². The predicted octanol–water partition coefficient (Wildman–Crippen LogP) is 1.90. The van der Waals surface area contributed by atoms with Gasteiger partial charge in [-0.3, -0.25) is 29.4 Å². The number of halogens is 5. The van der Waals surface area contributed by atoms with Crippen LogP contribution in [0.5, 0.6) is 0 Å². The molecule has 1 fully saturated rings. The molecule has 0 aliphatic carbocycles. The maximum atomic E-state index is 13.7. The van der Waals surface area contributed by atoms with Gasteiger partial charge in [0.15, 0.2) is 0 Å². The topological polar surface area (TPSA) is 137 Å². The molecule has 5 amide bonds. The molecule has 5 atom stereocenters. The highest BCUT2D eigenvalue weighted by atomic mass is 35.5. The van der Waals surface area contributed by atoms with Gasteiger partial charge in [-0.05, 0) is 24.3 Å².